The van der Waals surface area contributed by atoms with Crippen molar-refractivity contribution in [2.75, 3.05) is 23.8 Å². The number of carbonyl (C=O) groups excluding carboxylic acids is 2. The van der Waals surface area contributed by atoms with Crippen molar-refractivity contribution in [3.8, 4) is 0 Å². The van der Waals surface area contributed by atoms with Crippen molar-refractivity contribution in [3.05, 3.63) is 16.0 Å². The van der Waals surface area contributed by atoms with Gasteiger partial charge in [-0.2, -0.15) is 0 Å². The number of aryl methyl sites for hydroxylation is 1. The van der Waals surface area contributed by atoms with Crippen LogP contribution in [0.4, 0.5) is 10.1 Å². The largest absolute Gasteiger partial charge is 0.376 e. The van der Waals surface area contributed by atoms with Gasteiger partial charge in [-0.15, -0.1) is 21.5 Å². The number of thiophene rings is 1. The molecule has 2 aliphatic rings. The van der Waals surface area contributed by atoms with Gasteiger partial charge in [-0.05, 0) is 44.6 Å². The first kappa shape index (κ1) is 20.6. The number of hydrogen-bond donors (Lipinski definition) is 3. The van der Waals surface area contributed by atoms with Crippen LogP contribution in [0.25, 0.3) is 0 Å². The number of nitrogens with one attached hydrogen (secondary N) is 2. The van der Waals surface area contributed by atoms with Crippen molar-refractivity contribution in [1.29, 1.82) is 0 Å². The summed E-state index contributed by atoms with van der Waals surface area (Å²) in [6, 6.07) is 0. The van der Waals surface area contributed by atoms with E-state index >= 15 is 0 Å². The zero-order valence-electron chi connectivity index (χ0n) is 16.0. The molecule has 156 valence electrons. The number of nitrogens with two attached hydrogens (primary N) is 1. The average molecular weight is 454 g/mol. The lowest BCUT2D eigenvalue weighted by atomic mass is 10.1. The lowest BCUT2D eigenvalue weighted by Gasteiger charge is -2.10. The Labute approximate surface area is 181 Å². The summed E-state index contributed by atoms with van der Waals surface area (Å²) < 4.78 is 6.30. The monoisotopic (exact) mass is 453 g/mol. The third kappa shape index (κ3) is 4.73. The molecule has 2 aromatic rings. The van der Waals surface area contributed by atoms with Gasteiger partial charge in [0.2, 0.25) is 11.0 Å². The summed E-state index contributed by atoms with van der Waals surface area (Å²) in [6.45, 7) is 3.35. The number of aromatic nitrogens is 2. The van der Waals surface area contributed by atoms with Crippen LogP contribution < -0.4 is 16.4 Å². The molecule has 0 bridgehead atoms. The van der Waals surface area contributed by atoms with Crippen LogP contribution in [0.3, 0.4) is 0 Å². The molecule has 2 unspecified atom stereocenters. The fourth-order valence-electron chi connectivity index (χ4n) is 3.51. The van der Waals surface area contributed by atoms with Crippen LogP contribution in [0.2, 0.25) is 0 Å². The number of thioether (sulfide) groups is 1. The zero-order valence-corrected chi connectivity index (χ0v) is 18.5. The smallest absolute Gasteiger partial charge is 0.251 e. The number of hydrogen-bond acceptors (Lipinski definition) is 9. The summed E-state index contributed by atoms with van der Waals surface area (Å²) in [4.78, 5) is 25.7. The van der Waals surface area contributed by atoms with E-state index in [4.69, 9.17) is 10.5 Å². The fourth-order valence-corrected chi connectivity index (χ4v) is 6.71. The Bertz CT molecular complexity index is 907. The fraction of sp³-hybridized carbons (Fsp3) is 0.556. The molecule has 3 heterocycles. The molecule has 1 saturated heterocycles. The Hall–Kier alpha value is -1.69. The van der Waals surface area contributed by atoms with E-state index in [-0.39, 0.29) is 17.3 Å². The molecule has 11 heteroatoms. The van der Waals surface area contributed by atoms with Crippen molar-refractivity contribution < 1.29 is 14.3 Å². The van der Waals surface area contributed by atoms with E-state index in [1.54, 1.807) is 0 Å². The van der Waals surface area contributed by atoms with E-state index < -0.39 is 5.91 Å². The Balaban J connectivity index is 1.34. The standard InChI is InChI=1S/C18H23N5O3S3/c1-9(27-18-23-22-17(29-18)20-8-10-4-3-7-26-10)15(25)21-16-13(14(19)24)11-5-2-6-12(11)28-16/h9-10H,2-8H2,1H3,(H2,19,24)(H,20,22)(H,21,25). The molecular formula is C18H23N5O3S3. The molecule has 1 fully saturated rings. The maximum absolute atomic E-state index is 12.7. The summed E-state index contributed by atoms with van der Waals surface area (Å²) in [7, 11) is 0. The summed E-state index contributed by atoms with van der Waals surface area (Å²) in [5, 5.41) is 15.3. The molecule has 0 radical (unpaired) electrons. The van der Waals surface area contributed by atoms with Crippen LogP contribution in [-0.2, 0) is 22.4 Å². The molecule has 1 aliphatic heterocycles. The van der Waals surface area contributed by atoms with Crippen molar-refractivity contribution >= 4 is 56.4 Å². The Morgan fingerprint density at radius 1 is 1.31 bits per heavy atom. The predicted octanol–water partition coefficient (Wildman–Crippen LogP) is 2.90. The highest BCUT2D eigenvalue weighted by Gasteiger charge is 2.27. The van der Waals surface area contributed by atoms with Gasteiger partial charge in [0, 0.05) is 18.0 Å². The first-order chi connectivity index (χ1) is 14.0. The van der Waals surface area contributed by atoms with Crippen LogP contribution in [0.1, 0.15) is 47.0 Å². The number of rotatable bonds is 8. The Kier molecular flexibility index (Phi) is 6.38. The molecule has 8 nitrogen and oxygen atoms in total. The van der Waals surface area contributed by atoms with E-state index in [9.17, 15) is 9.59 Å². The number of amides is 2. The van der Waals surface area contributed by atoms with E-state index in [1.807, 2.05) is 6.92 Å². The number of ether oxygens (including phenoxy) is 1. The molecule has 4 N–H and O–H groups in total. The highest BCUT2D eigenvalue weighted by atomic mass is 32.2. The van der Waals surface area contributed by atoms with Gasteiger partial charge in [0.15, 0.2) is 4.34 Å². The van der Waals surface area contributed by atoms with Crippen molar-refractivity contribution in [1.82, 2.24) is 10.2 Å². The maximum atomic E-state index is 12.7. The quantitative estimate of drug-likeness (QED) is 0.526. The lowest BCUT2D eigenvalue weighted by Crippen LogP contribution is -2.24. The van der Waals surface area contributed by atoms with E-state index in [1.165, 1.54) is 34.4 Å². The lowest BCUT2D eigenvalue weighted by molar-refractivity contribution is -0.115. The Morgan fingerprint density at radius 3 is 2.93 bits per heavy atom. The van der Waals surface area contributed by atoms with Gasteiger partial charge < -0.3 is 21.1 Å². The molecule has 2 atom stereocenters. The van der Waals surface area contributed by atoms with Gasteiger partial charge in [-0.1, -0.05) is 23.1 Å². The normalized spacial score (nSPS) is 19.1. The third-order valence-corrected chi connectivity index (χ3v) is 8.24. The van der Waals surface area contributed by atoms with Gasteiger partial charge in [0.1, 0.15) is 5.00 Å². The number of primary amides is 1. The van der Waals surface area contributed by atoms with Crippen LogP contribution >= 0.6 is 34.4 Å². The van der Waals surface area contributed by atoms with Gasteiger partial charge in [-0.3, -0.25) is 9.59 Å². The first-order valence-electron chi connectivity index (χ1n) is 9.62. The first-order valence-corrected chi connectivity index (χ1v) is 12.1. The van der Waals surface area contributed by atoms with Gasteiger partial charge in [-0.25, -0.2) is 0 Å². The maximum Gasteiger partial charge on any atom is 0.251 e. The molecule has 2 aromatic heterocycles. The highest BCUT2D eigenvalue weighted by molar-refractivity contribution is 8.02. The predicted molar refractivity (Wildman–Crippen MR) is 116 cm³/mol. The molecular weight excluding hydrogens is 430 g/mol. The van der Waals surface area contributed by atoms with Crippen LogP contribution in [-0.4, -0.2) is 46.5 Å². The van der Waals surface area contributed by atoms with Crippen molar-refractivity contribution in [3.63, 3.8) is 0 Å². The van der Waals surface area contributed by atoms with E-state index in [0.29, 0.717) is 21.4 Å². The van der Waals surface area contributed by atoms with Gasteiger partial charge in [0.25, 0.3) is 5.91 Å². The zero-order chi connectivity index (χ0) is 20.4. The second kappa shape index (κ2) is 8.99. The van der Waals surface area contributed by atoms with Crippen LogP contribution in [0, 0.1) is 0 Å². The Morgan fingerprint density at radius 2 is 2.17 bits per heavy atom. The minimum atomic E-state index is -0.480. The van der Waals surface area contributed by atoms with Crippen molar-refractivity contribution in [2.24, 2.45) is 5.73 Å². The molecule has 1 aliphatic carbocycles. The van der Waals surface area contributed by atoms with Gasteiger partial charge in [0.05, 0.1) is 16.9 Å². The molecule has 0 spiro atoms. The summed E-state index contributed by atoms with van der Waals surface area (Å²) in [6.07, 6.45) is 5.20. The molecule has 0 aromatic carbocycles. The second-order valence-electron chi connectivity index (χ2n) is 7.06. The van der Waals surface area contributed by atoms with Crippen LogP contribution in [0.15, 0.2) is 4.34 Å². The number of carbonyl (C=O) groups is 2. The average Bonchev–Trinajstić information content (AvgIpc) is 3.44. The van der Waals surface area contributed by atoms with Crippen molar-refractivity contribution in [2.45, 2.75) is 54.7 Å². The SMILES string of the molecule is CC(Sc1nnc(NCC2CCCO2)s1)C(=O)Nc1sc2c(c1C(N)=O)CCC2. The number of fused-ring (bicyclic) bond motifs is 1. The van der Waals surface area contributed by atoms with Crippen LogP contribution in [0.5, 0.6) is 0 Å². The van der Waals surface area contributed by atoms with E-state index in [2.05, 4.69) is 20.8 Å². The summed E-state index contributed by atoms with van der Waals surface area (Å²) in [5.74, 6) is -0.660. The molecule has 4 rings (SSSR count). The number of nitrogens with zero attached hydrogens (tertiary/aromatic N) is 2. The third-order valence-electron chi connectivity index (χ3n) is 4.96. The topological polar surface area (TPSA) is 119 Å². The highest BCUT2D eigenvalue weighted by Crippen LogP contribution is 2.39. The molecule has 29 heavy (non-hydrogen) atoms. The minimum absolute atomic E-state index is 0.179. The van der Waals surface area contributed by atoms with E-state index in [0.717, 1.165) is 54.3 Å². The second-order valence-corrected chi connectivity index (χ2v) is 10.7. The minimum Gasteiger partial charge on any atom is -0.376 e. The summed E-state index contributed by atoms with van der Waals surface area (Å²) >= 11 is 4.23. The number of anilines is 2. The van der Waals surface area contributed by atoms with Gasteiger partial charge >= 0.3 is 0 Å². The summed E-state index contributed by atoms with van der Waals surface area (Å²) in [5.41, 5.74) is 7.04. The molecule has 0 saturated carbocycles. The molecule has 2 amide bonds.